The standard InChI is InChI=1S/C21H24O7/c1-13-17(19(22)26-14-10-8-7-9-11-14)15(12-16(24-5)18(13)25-6)27-20(23)28-21(2,3)4/h7-12H,1-6H3. The number of rotatable bonds is 5. The Balaban J connectivity index is 2.48. The van der Waals surface area contributed by atoms with Crippen LogP contribution in [0.5, 0.6) is 23.0 Å². The van der Waals surface area contributed by atoms with Crippen molar-refractivity contribution >= 4 is 12.1 Å². The third kappa shape index (κ3) is 5.16. The quantitative estimate of drug-likeness (QED) is 0.422. The molecule has 0 saturated carbocycles. The highest BCUT2D eigenvalue weighted by molar-refractivity contribution is 5.97. The third-order valence-corrected chi connectivity index (χ3v) is 3.61. The van der Waals surface area contributed by atoms with Gasteiger partial charge in [0.1, 0.15) is 16.9 Å². The van der Waals surface area contributed by atoms with Crippen molar-refractivity contribution in [3.05, 3.63) is 47.5 Å². The Kier molecular flexibility index (Phi) is 6.51. The largest absolute Gasteiger partial charge is 0.514 e. The molecule has 28 heavy (non-hydrogen) atoms. The van der Waals surface area contributed by atoms with Crippen molar-refractivity contribution in [2.45, 2.75) is 33.3 Å². The van der Waals surface area contributed by atoms with E-state index >= 15 is 0 Å². The molecule has 0 N–H and O–H groups in total. The van der Waals surface area contributed by atoms with E-state index in [0.29, 0.717) is 22.8 Å². The summed E-state index contributed by atoms with van der Waals surface area (Å²) < 4.78 is 26.5. The fourth-order valence-corrected chi connectivity index (χ4v) is 2.49. The number of methoxy groups -OCH3 is 2. The zero-order chi connectivity index (χ0) is 20.9. The van der Waals surface area contributed by atoms with Crippen molar-refractivity contribution in [2.24, 2.45) is 0 Å². The van der Waals surface area contributed by atoms with E-state index < -0.39 is 17.7 Å². The normalized spacial score (nSPS) is 10.8. The molecule has 2 aromatic carbocycles. The lowest BCUT2D eigenvalue weighted by Crippen LogP contribution is -2.26. The van der Waals surface area contributed by atoms with Crippen LogP contribution in [0.25, 0.3) is 0 Å². The van der Waals surface area contributed by atoms with Crippen molar-refractivity contribution in [3.63, 3.8) is 0 Å². The molecule has 7 heteroatoms. The van der Waals surface area contributed by atoms with Crippen molar-refractivity contribution in [1.82, 2.24) is 0 Å². The predicted octanol–water partition coefficient (Wildman–Crippen LogP) is 4.55. The van der Waals surface area contributed by atoms with Crippen LogP contribution >= 0.6 is 0 Å². The van der Waals surface area contributed by atoms with E-state index in [1.165, 1.54) is 20.3 Å². The van der Waals surface area contributed by atoms with Crippen molar-refractivity contribution in [2.75, 3.05) is 14.2 Å². The summed E-state index contributed by atoms with van der Waals surface area (Å²) in [5.41, 5.74) is -0.318. The van der Waals surface area contributed by atoms with Crippen molar-refractivity contribution < 1.29 is 33.3 Å². The minimum absolute atomic E-state index is 0.0346. The lowest BCUT2D eigenvalue weighted by Gasteiger charge is -2.21. The zero-order valence-electron chi connectivity index (χ0n) is 16.8. The Morgan fingerprint density at radius 2 is 1.54 bits per heavy atom. The highest BCUT2D eigenvalue weighted by Gasteiger charge is 2.27. The Morgan fingerprint density at radius 3 is 2.07 bits per heavy atom. The second-order valence-corrected chi connectivity index (χ2v) is 6.88. The summed E-state index contributed by atoms with van der Waals surface area (Å²) in [7, 11) is 2.89. The molecule has 0 aliphatic rings. The molecule has 0 aromatic heterocycles. The van der Waals surface area contributed by atoms with Gasteiger partial charge in [-0.25, -0.2) is 9.59 Å². The molecule has 0 fully saturated rings. The van der Waals surface area contributed by atoms with Crippen LogP contribution in [-0.4, -0.2) is 31.9 Å². The van der Waals surface area contributed by atoms with Gasteiger partial charge in [-0.1, -0.05) is 18.2 Å². The maximum Gasteiger partial charge on any atom is 0.514 e. The van der Waals surface area contributed by atoms with Crippen LogP contribution in [0.2, 0.25) is 0 Å². The predicted molar refractivity (Wildman–Crippen MR) is 103 cm³/mol. The SMILES string of the molecule is COc1cc(OC(=O)OC(C)(C)C)c(C(=O)Oc2ccccc2)c(C)c1OC. The number of hydrogen-bond acceptors (Lipinski definition) is 7. The second-order valence-electron chi connectivity index (χ2n) is 6.88. The fraction of sp³-hybridized carbons (Fsp3) is 0.333. The molecule has 0 atom stereocenters. The van der Waals surface area contributed by atoms with Gasteiger partial charge in [0.2, 0.25) is 0 Å². The molecule has 0 aliphatic carbocycles. The van der Waals surface area contributed by atoms with Gasteiger partial charge in [0.25, 0.3) is 0 Å². The average Bonchev–Trinajstić information content (AvgIpc) is 2.60. The van der Waals surface area contributed by atoms with Crippen LogP contribution in [0, 0.1) is 6.92 Å². The van der Waals surface area contributed by atoms with Gasteiger partial charge < -0.3 is 23.7 Å². The molecule has 0 heterocycles. The molecule has 0 amide bonds. The molecule has 2 rings (SSSR count). The number of esters is 1. The van der Waals surface area contributed by atoms with Gasteiger partial charge >= 0.3 is 12.1 Å². The van der Waals surface area contributed by atoms with Gasteiger partial charge in [0.05, 0.1) is 14.2 Å². The van der Waals surface area contributed by atoms with Crippen LogP contribution in [0.15, 0.2) is 36.4 Å². The molecule has 0 bridgehead atoms. The highest BCUT2D eigenvalue weighted by atomic mass is 16.7. The van der Waals surface area contributed by atoms with E-state index in [-0.39, 0.29) is 11.3 Å². The van der Waals surface area contributed by atoms with Crippen LogP contribution < -0.4 is 18.9 Å². The lowest BCUT2D eigenvalue weighted by molar-refractivity contribution is 0.0203. The minimum Gasteiger partial charge on any atom is -0.493 e. The van der Waals surface area contributed by atoms with E-state index in [0.717, 1.165) is 0 Å². The van der Waals surface area contributed by atoms with Gasteiger partial charge in [-0.3, -0.25) is 0 Å². The summed E-state index contributed by atoms with van der Waals surface area (Å²) in [6.45, 7) is 6.76. The van der Waals surface area contributed by atoms with E-state index in [4.69, 9.17) is 23.7 Å². The number of benzene rings is 2. The van der Waals surface area contributed by atoms with Gasteiger partial charge in [0.15, 0.2) is 17.2 Å². The second kappa shape index (κ2) is 8.65. The molecule has 7 nitrogen and oxygen atoms in total. The molecule has 2 aromatic rings. The van der Waals surface area contributed by atoms with Gasteiger partial charge in [-0.15, -0.1) is 0 Å². The molecule has 0 saturated heterocycles. The van der Waals surface area contributed by atoms with Gasteiger partial charge in [-0.05, 0) is 39.8 Å². The number of ether oxygens (including phenoxy) is 5. The molecular formula is C21H24O7. The first kappa shape index (κ1) is 21.1. The first-order valence-electron chi connectivity index (χ1n) is 8.60. The molecule has 0 aliphatic heterocycles. The van der Waals surface area contributed by atoms with E-state index in [9.17, 15) is 9.59 Å². The summed E-state index contributed by atoms with van der Waals surface area (Å²) in [5.74, 6) is 0.229. The number of carbonyl (C=O) groups excluding carboxylic acids is 2. The maximum absolute atomic E-state index is 12.8. The molecule has 150 valence electrons. The average molecular weight is 388 g/mol. The molecule has 0 unspecified atom stereocenters. The zero-order valence-corrected chi connectivity index (χ0v) is 16.8. The number of para-hydroxylation sites is 1. The van der Waals surface area contributed by atoms with Crippen molar-refractivity contribution in [3.8, 4) is 23.0 Å². The van der Waals surface area contributed by atoms with Gasteiger partial charge in [0, 0.05) is 11.6 Å². The van der Waals surface area contributed by atoms with Crippen molar-refractivity contribution in [1.29, 1.82) is 0 Å². The summed E-state index contributed by atoms with van der Waals surface area (Å²) >= 11 is 0. The highest BCUT2D eigenvalue weighted by Crippen LogP contribution is 2.39. The smallest absolute Gasteiger partial charge is 0.493 e. The number of hydrogen-bond donors (Lipinski definition) is 0. The maximum atomic E-state index is 12.8. The third-order valence-electron chi connectivity index (χ3n) is 3.61. The lowest BCUT2D eigenvalue weighted by atomic mass is 10.1. The van der Waals surface area contributed by atoms with Crippen LogP contribution in [-0.2, 0) is 4.74 Å². The fourth-order valence-electron chi connectivity index (χ4n) is 2.49. The minimum atomic E-state index is -0.951. The van der Waals surface area contributed by atoms with E-state index in [1.54, 1.807) is 58.0 Å². The first-order valence-corrected chi connectivity index (χ1v) is 8.60. The van der Waals surface area contributed by atoms with E-state index in [1.807, 2.05) is 0 Å². The summed E-state index contributed by atoms with van der Waals surface area (Å²) in [6, 6.07) is 9.95. The summed E-state index contributed by atoms with van der Waals surface area (Å²) in [4.78, 5) is 25.0. The summed E-state index contributed by atoms with van der Waals surface area (Å²) in [5, 5.41) is 0. The Labute approximate surface area is 164 Å². The van der Waals surface area contributed by atoms with E-state index in [2.05, 4.69) is 0 Å². The van der Waals surface area contributed by atoms with Gasteiger partial charge in [-0.2, -0.15) is 0 Å². The topological polar surface area (TPSA) is 80.3 Å². The molecular weight excluding hydrogens is 364 g/mol. The monoisotopic (exact) mass is 388 g/mol. The van der Waals surface area contributed by atoms with Crippen LogP contribution in [0.1, 0.15) is 36.7 Å². The van der Waals surface area contributed by atoms with Crippen LogP contribution in [0.3, 0.4) is 0 Å². The summed E-state index contributed by atoms with van der Waals surface area (Å²) in [6.07, 6.45) is -0.951. The Morgan fingerprint density at radius 1 is 0.893 bits per heavy atom. The van der Waals surface area contributed by atoms with Crippen LogP contribution in [0.4, 0.5) is 4.79 Å². The molecule has 0 spiro atoms. The Bertz CT molecular complexity index is 851. The first-order chi connectivity index (χ1) is 13.2. The Hall–Kier alpha value is -3.22. The molecule has 0 radical (unpaired) electrons. The number of carbonyl (C=O) groups is 2.